The van der Waals surface area contributed by atoms with Crippen LogP contribution in [-0.4, -0.2) is 9.55 Å². The van der Waals surface area contributed by atoms with Crippen LogP contribution in [0.2, 0.25) is 0 Å². The first-order valence-corrected chi connectivity index (χ1v) is 9.39. The number of hydrogen-bond acceptors (Lipinski definition) is 1. The van der Waals surface area contributed by atoms with Gasteiger partial charge in [-0.25, -0.2) is 4.98 Å². The maximum Gasteiger partial charge on any atom is 0.127 e. The van der Waals surface area contributed by atoms with E-state index in [0.29, 0.717) is 6.04 Å². The normalized spacial score (nSPS) is 25.0. The molecule has 0 radical (unpaired) electrons. The summed E-state index contributed by atoms with van der Waals surface area (Å²) in [7, 11) is 0. The molecular weight excluding hydrogens is 395 g/mol. The molecule has 3 rings (SSSR count). The van der Waals surface area contributed by atoms with Crippen LogP contribution in [0, 0.1) is 9.49 Å². The SMILES string of the molecule is CC1CCCC(n2c(C(C)Cl)nc3cc(I)ccc32)CC1. The summed E-state index contributed by atoms with van der Waals surface area (Å²) in [4.78, 5) is 4.82. The molecule has 1 heterocycles. The summed E-state index contributed by atoms with van der Waals surface area (Å²) >= 11 is 8.77. The quantitative estimate of drug-likeness (QED) is 0.329. The second-order valence-corrected chi connectivity index (χ2v) is 8.26. The van der Waals surface area contributed by atoms with E-state index in [9.17, 15) is 0 Å². The van der Waals surface area contributed by atoms with Crippen molar-refractivity contribution < 1.29 is 0 Å². The lowest BCUT2D eigenvalue weighted by atomic mass is 10.0. The number of halogens is 2. The maximum absolute atomic E-state index is 6.42. The standard InChI is InChI=1S/C17H22ClIN2/c1-11-4-3-5-14(8-6-11)21-16-9-7-13(19)10-15(16)20-17(21)12(2)18/h7,9-12,14H,3-6,8H2,1-2H3. The van der Waals surface area contributed by atoms with E-state index in [1.165, 1.54) is 41.2 Å². The largest absolute Gasteiger partial charge is 0.324 e. The van der Waals surface area contributed by atoms with Crippen molar-refractivity contribution in [1.82, 2.24) is 9.55 Å². The molecule has 1 fully saturated rings. The van der Waals surface area contributed by atoms with Crippen molar-refractivity contribution in [2.24, 2.45) is 5.92 Å². The second kappa shape index (κ2) is 6.45. The number of fused-ring (bicyclic) bond motifs is 1. The van der Waals surface area contributed by atoms with Gasteiger partial charge >= 0.3 is 0 Å². The van der Waals surface area contributed by atoms with Crippen molar-refractivity contribution in [2.45, 2.75) is 57.4 Å². The number of aromatic nitrogens is 2. The van der Waals surface area contributed by atoms with E-state index < -0.39 is 0 Å². The van der Waals surface area contributed by atoms with Crippen LogP contribution in [0.5, 0.6) is 0 Å². The Morgan fingerprint density at radius 3 is 2.86 bits per heavy atom. The lowest BCUT2D eigenvalue weighted by Crippen LogP contribution is -2.12. The molecule has 3 unspecified atom stereocenters. The van der Waals surface area contributed by atoms with E-state index in [0.717, 1.165) is 17.3 Å². The molecule has 1 aliphatic carbocycles. The van der Waals surface area contributed by atoms with Gasteiger partial charge in [0, 0.05) is 9.61 Å². The third-order valence-corrected chi connectivity index (χ3v) is 5.49. The van der Waals surface area contributed by atoms with Crippen LogP contribution in [0.4, 0.5) is 0 Å². The number of rotatable bonds is 2. The lowest BCUT2D eigenvalue weighted by Gasteiger charge is -2.21. The maximum atomic E-state index is 6.42. The first kappa shape index (κ1) is 15.6. The van der Waals surface area contributed by atoms with E-state index in [1.54, 1.807) is 0 Å². The molecule has 2 nitrogen and oxygen atoms in total. The fourth-order valence-electron chi connectivity index (χ4n) is 3.48. The van der Waals surface area contributed by atoms with Gasteiger partial charge in [0.2, 0.25) is 0 Å². The minimum absolute atomic E-state index is 0.0456. The van der Waals surface area contributed by atoms with Gasteiger partial charge in [0.25, 0.3) is 0 Å². The Morgan fingerprint density at radius 2 is 2.10 bits per heavy atom. The van der Waals surface area contributed by atoms with Crippen molar-refractivity contribution >= 4 is 45.2 Å². The van der Waals surface area contributed by atoms with Crippen LogP contribution in [-0.2, 0) is 0 Å². The zero-order chi connectivity index (χ0) is 15.0. The molecule has 0 saturated heterocycles. The van der Waals surface area contributed by atoms with Crippen molar-refractivity contribution in [2.75, 3.05) is 0 Å². The second-order valence-electron chi connectivity index (χ2n) is 6.36. The Hall–Kier alpha value is -0.290. The van der Waals surface area contributed by atoms with Gasteiger partial charge in [0.1, 0.15) is 5.82 Å². The van der Waals surface area contributed by atoms with Gasteiger partial charge in [-0.3, -0.25) is 0 Å². The first-order valence-electron chi connectivity index (χ1n) is 7.87. The Labute approximate surface area is 145 Å². The molecule has 114 valence electrons. The van der Waals surface area contributed by atoms with Crippen LogP contribution in [0.25, 0.3) is 11.0 Å². The van der Waals surface area contributed by atoms with Gasteiger partial charge in [-0.15, -0.1) is 11.6 Å². The summed E-state index contributed by atoms with van der Waals surface area (Å²) in [6.07, 6.45) is 6.47. The Morgan fingerprint density at radius 1 is 1.29 bits per heavy atom. The fourth-order valence-corrected chi connectivity index (χ4v) is 4.11. The van der Waals surface area contributed by atoms with Crippen molar-refractivity contribution in [3.8, 4) is 0 Å². The van der Waals surface area contributed by atoms with Crippen LogP contribution in [0.1, 0.15) is 63.2 Å². The number of hydrogen-bond donors (Lipinski definition) is 0. The minimum Gasteiger partial charge on any atom is -0.324 e. The third kappa shape index (κ3) is 3.24. The van der Waals surface area contributed by atoms with Crippen LogP contribution in [0.15, 0.2) is 18.2 Å². The summed E-state index contributed by atoms with van der Waals surface area (Å²) in [6.45, 7) is 4.41. The van der Waals surface area contributed by atoms with Crippen LogP contribution < -0.4 is 0 Å². The molecule has 4 heteroatoms. The molecule has 0 spiro atoms. The minimum atomic E-state index is -0.0456. The van der Waals surface area contributed by atoms with Gasteiger partial charge in [-0.05, 0) is 72.9 Å². The highest BCUT2D eigenvalue weighted by molar-refractivity contribution is 14.1. The molecule has 1 aromatic heterocycles. The molecule has 0 aliphatic heterocycles. The van der Waals surface area contributed by atoms with Crippen LogP contribution in [0.3, 0.4) is 0 Å². The van der Waals surface area contributed by atoms with E-state index in [1.807, 2.05) is 6.92 Å². The molecule has 0 N–H and O–H groups in total. The number of benzene rings is 1. The number of nitrogens with zero attached hydrogens (tertiary/aromatic N) is 2. The molecule has 0 amide bonds. The first-order chi connectivity index (χ1) is 10.1. The van der Waals surface area contributed by atoms with Crippen LogP contribution >= 0.6 is 34.2 Å². The topological polar surface area (TPSA) is 17.8 Å². The molecule has 1 aliphatic rings. The van der Waals surface area contributed by atoms with E-state index in [-0.39, 0.29) is 5.38 Å². The van der Waals surface area contributed by atoms with Gasteiger partial charge < -0.3 is 4.57 Å². The Kier molecular flexibility index (Phi) is 4.79. The Balaban J connectivity index is 2.08. The average Bonchev–Trinajstić information content (AvgIpc) is 2.68. The van der Waals surface area contributed by atoms with E-state index in [4.69, 9.17) is 16.6 Å². The number of alkyl halides is 1. The van der Waals surface area contributed by atoms with E-state index >= 15 is 0 Å². The van der Waals surface area contributed by atoms with Crippen molar-refractivity contribution in [1.29, 1.82) is 0 Å². The van der Waals surface area contributed by atoms with Crippen molar-refractivity contribution in [3.05, 3.63) is 27.6 Å². The smallest absolute Gasteiger partial charge is 0.127 e. The summed E-state index contributed by atoms with van der Waals surface area (Å²) in [6, 6.07) is 7.09. The molecule has 1 saturated carbocycles. The van der Waals surface area contributed by atoms with Crippen molar-refractivity contribution in [3.63, 3.8) is 0 Å². The highest BCUT2D eigenvalue weighted by atomic mass is 127. The van der Waals surface area contributed by atoms with Gasteiger partial charge in [-0.2, -0.15) is 0 Å². The summed E-state index contributed by atoms with van der Waals surface area (Å²) in [5.74, 6) is 1.89. The lowest BCUT2D eigenvalue weighted by molar-refractivity contribution is 0.430. The summed E-state index contributed by atoms with van der Waals surface area (Å²) in [5.41, 5.74) is 2.33. The predicted octanol–water partition coefficient (Wildman–Crippen LogP) is 6.08. The molecule has 0 bridgehead atoms. The highest BCUT2D eigenvalue weighted by Gasteiger charge is 2.24. The molecule has 2 aromatic rings. The number of imidazole rings is 1. The third-order valence-electron chi connectivity index (χ3n) is 4.63. The highest BCUT2D eigenvalue weighted by Crippen LogP contribution is 2.36. The zero-order valence-electron chi connectivity index (χ0n) is 12.6. The average molecular weight is 417 g/mol. The fraction of sp³-hybridized carbons (Fsp3) is 0.588. The van der Waals surface area contributed by atoms with E-state index in [2.05, 4.69) is 52.3 Å². The molecular formula is C17H22ClIN2. The Bertz CT molecular complexity index is 635. The molecule has 3 atom stereocenters. The van der Waals surface area contributed by atoms with Gasteiger partial charge in [0.15, 0.2) is 0 Å². The summed E-state index contributed by atoms with van der Waals surface area (Å²) in [5, 5.41) is -0.0456. The molecule has 21 heavy (non-hydrogen) atoms. The zero-order valence-corrected chi connectivity index (χ0v) is 15.6. The summed E-state index contributed by atoms with van der Waals surface area (Å²) < 4.78 is 3.66. The van der Waals surface area contributed by atoms with Gasteiger partial charge in [-0.1, -0.05) is 19.8 Å². The molecule has 1 aromatic carbocycles. The predicted molar refractivity (Wildman–Crippen MR) is 98.0 cm³/mol. The monoisotopic (exact) mass is 416 g/mol. The van der Waals surface area contributed by atoms with Gasteiger partial charge in [0.05, 0.1) is 16.4 Å².